The molecule has 1 atom stereocenters. The van der Waals surface area contributed by atoms with E-state index in [2.05, 4.69) is 0 Å². The van der Waals surface area contributed by atoms with Gasteiger partial charge in [-0.1, -0.05) is 12.1 Å². The molecule has 0 aromatic heterocycles. The summed E-state index contributed by atoms with van der Waals surface area (Å²) in [6, 6.07) is 8.41. The molecule has 3 nitrogen and oxygen atoms in total. The first-order valence-corrected chi connectivity index (χ1v) is 6.30. The molecule has 0 radical (unpaired) electrons. The minimum atomic E-state index is -1.73. The Morgan fingerprint density at radius 2 is 1.57 bits per heavy atom. The number of aliphatic hydroxyl groups is 1. The molecule has 0 aliphatic heterocycles. The summed E-state index contributed by atoms with van der Waals surface area (Å²) in [4.78, 5) is 0. The Morgan fingerprint density at radius 1 is 1.00 bits per heavy atom. The number of rotatable bonds is 4. The lowest BCUT2D eigenvalue weighted by molar-refractivity contribution is 0.0964. The second kappa shape index (κ2) is 5.69. The molecule has 2 aromatic rings. The van der Waals surface area contributed by atoms with Gasteiger partial charge in [-0.05, 0) is 30.7 Å². The summed E-state index contributed by atoms with van der Waals surface area (Å²) in [7, 11) is 2.94. The van der Waals surface area contributed by atoms with Crippen molar-refractivity contribution in [3.8, 4) is 11.5 Å². The van der Waals surface area contributed by atoms with E-state index in [1.165, 1.54) is 33.3 Å². The van der Waals surface area contributed by atoms with E-state index in [4.69, 9.17) is 9.47 Å². The molecule has 0 saturated heterocycles. The predicted octanol–water partition coefficient (Wildman–Crippen LogP) is 3.24. The first-order valence-electron chi connectivity index (χ1n) is 6.30. The SMILES string of the molecule is COc1cc(OC)cc(C(C)(O)c2cccc(F)c2F)c1. The van der Waals surface area contributed by atoms with E-state index in [1.807, 2.05) is 0 Å². The molecule has 0 bridgehead atoms. The van der Waals surface area contributed by atoms with E-state index in [1.54, 1.807) is 18.2 Å². The van der Waals surface area contributed by atoms with Gasteiger partial charge in [-0.3, -0.25) is 0 Å². The molecule has 0 fully saturated rings. The number of benzene rings is 2. The molecule has 1 N–H and O–H groups in total. The average molecular weight is 294 g/mol. The number of ether oxygens (including phenoxy) is 2. The quantitative estimate of drug-likeness (QED) is 0.941. The summed E-state index contributed by atoms with van der Waals surface area (Å²) >= 11 is 0. The lowest BCUT2D eigenvalue weighted by Gasteiger charge is -2.26. The van der Waals surface area contributed by atoms with E-state index < -0.39 is 17.2 Å². The molecule has 5 heteroatoms. The van der Waals surface area contributed by atoms with Crippen molar-refractivity contribution in [2.75, 3.05) is 14.2 Å². The maximum absolute atomic E-state index is 14.0. The van der Waals surface area contributed by atoms with E-state index in [-0.39, 0.29) is 5.56 Å². The van der Waals surface area contributed by atoms with Gasteiger partial charge in [-0.15, -0.1) is 0 Å². The van der Waals surface area contributed by atoms with E-state index in [0.29, 0.717) is 17.1 Å². The van der Waals surface area contributed by atoms with Gasteiger partial charge in [0.2, 0.25) is 0 Å². The molecule has 0 aliphatic rings. The van der Waals surface area contributed by atoms with Gasteiger partial charge in [0.25, 0.3) is 0 Å². The Morgan fingerprint density at radius 3 is 2.10 bits per heavy atom. The molecule has 0 saturated carbocycles. The topological polar surface area (TPSA) is 38.7 Å². The Bertz CT molecular complexity index is 632. The first-order chi connectivity index (χ1) is 9.90. The fraction of sp³-hybridized carbons (Fsp3) is 0.250. The molecule has 2 rings (SSSR count). The van der Waals surface area contributed by atoms with Gasteiger partial charge in [0.1, 0.15) is 17.1 Å². The maximum atomic E-state index is 14.0. The van der Waals surface area contributed by atoms with Crippen LogP contribution in [-0.4, -0.2) is 19.3 Å². The molecule has 2 aromatic carbocycles. The van der Waals surface area contributed by atoms with Crippen LogP contribution in [0.2, 0.25) is 0 Å². The number of hydrogen-bond donors (Lipinski definition) is 1. The smallest absolute Gasteiger partial charge is 0.165 e. The van der Waals surface area contributed by atoms with Crippen LogP contribution in [0.3, 0.4) is 0 Å². The van der Waals surface area contributed by atoms with E-state index in [0.717, 1.165) is 6.07 Å². The van der Waals surface area contributed by atoms with Crippen LogP contribution in [0.4, 0.5) is 8.78 Å². The highest BCUT2D eigenvalue weighted by molar-refractivity contribution is 5.45. The van der Waals surface area contributed by atoms with E-state index in [9.17, 15) is 13.9 Å². The molecule has 1 unspecified atom stereocenters. The van der Waals surface area contributed by atoms with Gasteiger partial charge >= 0.3 is 0 Å². The molecule has 0 amide bonds. The van der Waals surface area contributed by atoms with Gasteiger partial charge in [-0.25, -0.2) is 8.78 Å². The van der Waals surface area contributed by atoms with Gasteiger partial charge in [0, 0.05) is 11.6 Å². The Hall–Kier alpha value is -2.14. The van der Waals surface area contributed by atoms with Crippen molar-refractivity contribution in [1.82, 2.24) is 0 Å². The van der Waals surface area contributed by atoms with Gasteiger partial charge in [-0.2, -0.15) is 0 Å². The van der Waals surface area contributed by atoms with Crippen LogP contribution in [-0.2, 0) is 5.60 Å². The molecule has 0 spiro atoms. The number of halogens is 2. The second-order valence-electron chi connectivity index (χ2n) is 4.77. The first kappa shape index (κ1) is 15.3. The lowest BCUT2D eigenvalue weighted by Crippen LogP contribution is -2.25. The summed E-state index contributed by atoms with van der Waals surface area (Å²) < 4.78 is 37.6. The van der Waals surface area contributed by atoms with Crippen molar-refractivity contribution < 1.29 is 23.4 Å². The zero-order valence-corrected chi connectivity index (χ0v) is 12.0. The third-order valence-electron chi connectivity index (χ3n) is 3.39. The van der Waals surface area contributed by atoms with Crippen molar-refractivity contribution in [1.29, 1.82) is 0 Å². The van der Waals surface area contributed by atoms with Crippen LogP contribution in [0.1, 0.15) is 18.1 Å². The second-order valence-corrected chi connectivity index (χ2v) is 4.77. The maximum Gasteiger partial charge on any atom is 0.165 e. The van der Waals surface area contributed by atoms with Crippen molar-refractivity contribution >= 4 is 0 Å². The normalized spacial score (nSPS) is 13.6. The van der Waals surface area contributed by atoms with Crippen molar-refractivity contribution in [2.45, 2.75) is 12.5 Å². The highest BCUT2D eigenvalue weighted by Crippen LogP contribution is 2.35. The largest absolute Gasteiger partial charge is 0.497 e. The van der Waals surface area contributed by atoms with Gasteiger partial charge in [0.15, 0.2) is 11.6 Å². The monoisotopic (exact) mass is 294 g/mol. The predicted molar refractivity (Wildman–Crippen MR) is 74.6 cm³/mol. The molecule has 0 heterocycles. The zero-order chi connectivity index (χ0) is 15.6. The summed E-state index contributed by atoms with van der Waals surface area (Å²) in [6.07, 6.45) is 0. The third-order valence-corrected chi connectivity index (χ3v) is 3.39. The standard InChI is InChI=1S/C16H16F2O3/c1-16(19,13-5-4-6-14(17)15(13)18)10-7-11(20-2)9-12(8-10)21-3/h4-9,19H,1-3H3. The fourth-order valence-electron chi connectivity index (χ4n) is 2.12. The zero-order valence-electron chi connectivity index (χ0n) is 12.0. The number of hydrogen-bond acceptors (Lipinski definition) is 3. The summed E-state index contributed by atoms with van der Waals surface area (Å²) in [5, 5.41) is 10.7. The van der Waals surface area contributed by atoms with Crippen molar-refractivity contribution in [3.05, 3.63) is 59.2 Å². The molecule has 112 valence electrons. The molecule has 0 aliphatic carbocycles. The average Bonchev–Trinajstić information content (AvgIpc) is 2.49. The van der Waals surface area contributed by atoms with Crippen LogP contribution in [0.15, 0.2) is 36.4 Å². The van der Waals surface area contributed by atoms with Gasteiger partial charge in [0.05, 0.1) is 14.2 Å². The highest BCUT2D eigenvalue weighted by atomic mass is 19.2. The fourth-order valence-corrected chi connectivity index (χ4v) is 2.12. The minimum absolute atomic E-state index is 0.155. The minimum Gasteiger partial charge on any atom is -0.497 e. The third kappa shape index (κ3) is 2.83. The van der Waals surface area contributed by atoms with Crippen LogP contribution in [0.5, 0.6) is 11.5 Å². The lowest BCUT2D eigenvalue weighted by atomic mass is 9.87. The summed E-state index contributed by atoms with van der Waals surface area (Å²) in [5.74, 6) is -1.20. The highest BCUT2D eigenvalue weighted by Gasteiger charge is 2.31. The number of methoxy groups -OCH3 is 2. The Labute approximate surface area is 121 Å². The van der Waals surface area contributed by atoms with Gasteiger partial charge < -0.3 is 14.6 Å². The Balaban J connectivity index is 2.60. The van der Waals surface area contributed by atoms with E-state index >= 15 is 0 Å². The molecular weight excluding hydrogens is 278 g/mol. The van der Waals surface area contributed by atoms with Crippen molar-refractivity contribution in [3.63, 3.8) is 0 Å². The van der Waals surface area contributed by atoms with Crippen LogP contribution < -0.4 is 9.47 Å². The van der Waals surface area contributed by atoms with Crippen LogP contribution in [0, 0.1) is 11.6 Å². The summed E-state index contributed by atoms with van der Waals surface area (Å²) in [5.41, 5.74) is -1.55. The Kier molecular flexibility index (Phi) is 4.14. The van der Waals surface area contributed by atoms with Crippen LogP contribution >= 0.6 is 0 Å². The van der Waals surface area contributed by atoms with Crippen LogP contribution in [0.25, 0.3) is 0 Å². The molecular formula is C16H16F2O3. The molecule has 21 heavy (non-hydrogen) atoms. The summed E-state index contributed by atoms with van der Waals surface area (Å²) in [6.45, 7) is 1.39. The van der Waals surface area contributed by atoms with Crippen molar-refractivity contribution in [2.24, 2.45) is 0 Å².